The van der Waals surface area contributed by atoms with E-state index in [0.717, 1.165) is 11.1 Å². The van der Waals surface area contributed by atoms with Crippen molar-refractivity contribution in [1.29, 1.82) is 0 Å². The van der Waals surface area contributed by atoms with Crippen LogP contribution in [0.3, 0.4) is 0 Å². The average molecular weight is 441 g/mol. The van der Waals surface area contributed by atoms with Crippen LogP contribution in [0.5, 0.6) is 23.0 Å². The number of nitrogens with one attached hydrogen (secondary N) is 2. The first kappa shape index (κ1) is 21.6. The van der Waals surface area contributed by atoms with Crippen molar-refractivity contribution in [2.24, 2.45) is 0 Å². The number of rotatable bonds is 5. The van der Waals surface area contributed by atoms with E-state index in [1.54, 1.807) is 44.2 Å². The third kappa shape index (κ3) is 4.51. The predicted molar refractivity (Wildman–Crippen MR) is 118 cm³/mol. The fraction of sp³-hybridized carbons (Fsp3) is 0.391. The fourth-order valence-electron chi connectivity index (χ4n) is 3.77. The molecular weight excluding hydrogens is 414 g/mol. The summed E-state index contributed by atoms with van der Waals surface area (Å²) in [5.74, 6) is 2.22. The highest BCUT2D eigenvalue weighted by molar-refractivity contribution is 5.97. The molecule has 2 aliphatic heterocycles. The van der Waals surface area contributed by atoms with Crippen LogP contribution in [-0.4, -0.2) is 56.9 Å². The smallest absolute Gasteiger partial charge is 0.318 e. The molecular formula is C23H27N3O6. The van der Waals surface area contributed by atoms with E-state index in [9.17, 15) is 9.59 Å². The number of hydrogen-bond acceptors (Lipinski definition) is 6. The van der Waals surface area contributed by atoms with E-state index < -0.39 is 6.04 Å². The molecule has 3 amide bonds. The fourth-order valence-corrected chi connectivity index (χ4v) is 3.77. The number of carbonyl (C=O) groups excluding carboxylic acids is 2. The Labute approximate surface area is 186 Å². The van der Waals surface area contributed by atoms with Gasteiger partial charge in [0.05, 0.1) is 14.2 Å². The lowest BCUT2D eigenvalue weighted by molar-refractivity contribution is -0.117. The van der Waals surface area contributed by atoms with E-state index in [4.69, 9.17) is 18.9 Å². The van der Waals surface area contributed by atoms with E-state index in [1.807, 2.05) is 12.1 Å². The first-order chi connectivity index (χ1) is 15.5. The number of hydrogen-bond donors (Lipinski definition) is 2. The number of urea groups is 1. The molecule has 2 N–H and O–H groups in total. The zero-order valence-corrected chi connectivity index (χ0v) is 18.4. The normalized spacial score (nSPS) is 15.3. The Morgan fingerprint density at radius 3 is 2.41 bits per heavy atom. The third-order valence-electron chi connectivity index (χ3n) is 5.55. The van der Waals surface area contributed by atoms with E-state index in [-0.39, 0.29) is 11.9 Å². The van der Waals surface area contributed by atoms with Crippen molar-refractivity contribution in [3.8, 4) is 23.0 Å². The van der Waals surface area contributed by atoms with Crippen molar-refractivity contribution in [3.05, 3.63) is 41.5 Å². The number of nitrogens with zero attached hydrogens (tertiary/aromatic N) is 1. The summed E-state index contributed by atoms with van der Waals surface area (Å²) in [5.41, 5.74) is 2.70. The number of fused-ring (bicyclic) bond motifs is 2. The van der Waals surface area contributed by atoms with Crippen molar-refractivity contribution < 1.29 is 28.5 Å². The Balaban J connectivity index is 1.36. The number of anilines is 1. The largest absolute Gasteiger partial charge is 0.493 e. The summed E-state index contributed by atoms with van der Waals surface area (Å²) in [5, 5.41) is 5.58. The van der Waals surface area contributed by atoms with Crippen LogP contribution < -0.4 is 29.6 Å². The van der Waals surface area contributed by atoms with E-state index in [1.165, 1.54) is 0 Å². The Morgan fingerprint density at radius 1 is 1.00 bits per heavy atom. The van der Waals surface area contributed by atoms with Gasteiger partial charge in [-0.3, -0.25) is 4.79 Å². The lowest BCUT2D eigenvalue weighted by Gasteiger charge is -2.30. The zero-order valence-electron chi connectivity index (χ0n) is 18.4. The van der Waals surface area contributed by atoms with Gasteiger partial charge >= 0.3 is 6.03 Å². The van der Waals surface area contributed by atoms with Crippen molar-refractivity contribution in [2.45, 2.75) is 25.9 Å². The van der Waals surface area contributed by atoms with Gasteiger partial charge in [-0.15, -0.1) is 0 Å². The van der Waals surface area contributed by atoms with Crippen molar-refractivity contribution in [3.63, 3.8) is 0 Å². The maximum absolute atomic E-state index is 12.8. The van der Waals surface area contributed by atoms with Crippen LogP contribution in [0.15, 0.2) is 30.3 Å². The van der Waals surface area contributed by atoms with Gasteiger partial charge < -0.3 is 34.5 Å². The summed E-state index contributed by atoms with van der Waals surface area (Å²) in [4.78, 5) is 27.1. The van der Waals surface area contributed by atoms with Gasteiger partial charge in [0.2, 0.25) is 5.91 Å². The first-order valence-electron chi connectivity index (χ1n) is 10.5. The van der Waals surface area contributed by atoms with E-state index >= 15 is 0 Å². The van der Waals surface area contributed by atoms with Gasteiger partial charge in [-0.05, 0) is 48.7 Å². The van der Waals surface area contributed by atoms with Gasteiger partial charge in [-0.2, -0.15) is 0 Å². The van der Waals surface area contributed by atoms with Gasteiger partial charge in [0.15, 0.2) is 23.0 Å². The summed E-state index contributed by atoms with van der Waals surface area (Å²) >= 11 is 0. The molecule has 32 heavy (non-hydrogen) atoms. The van der Waals surface area contributed by atoms with Crippen LogP contribution in [0.25, 0.3) is 0 Å². The highest BCUT2D eigenvalue weighted by Gasteiger charge is 2.25. The molecule has 0 saturated heterocycles. The molecule has 2 aromatic carbocycles. The monoisotopic (exact) mass is 441 g/mol. The number of ether oxygens (including phenoxy) is 4. The van der Waals surface area contributed by atoms with E-state index in [0.29, 0.717) is 61.4 Å². The molecule has 0 aliphatic carbocycles. The van der Waals surface area contributed by atoms with Gasteiger partial charge in [-0.1, -0.05) is 0 Å². The summed E-state index contributed by atoms with van der Waals surface area (Å²) in [6.07, 6.45) is 0.695. The summed E-state index contributed by atoms with van der Waals surface area (Å²) in [6.45, 7) is 3.59. The quantitative estimate of drug-likeness (QED) is 0.740. The minimum Gasteiger partial charge on any atom is -0.493 e. The van der Waals surface area contributed by atoms with Crippen molar-refractivity contribution >= 4 is 17.6 Å². The Kier molecular flexibility index (Phi) is 6.25. The molecule has 0 saturated carbocycles. The van der Waals surface area contributed by atoms with Gasteiger partial charge in [0.1, 0.15) is 19.3 Å². The molecule has 0 aromatic heterocycles. The Bertz CT molecular complexity index is 1030. The molecule has 170 valence electrons. The molecule has 2 heterocycles. The molecule has 2 aromatic rings. The summed E-state index contributed by atoms with van der Waals surface area (Å²) < 4.78 is 21.8. The van der Waals surface area contributed by atoms with Crippen LogP contribution in [0.4, 0.5) is 10.5 Å². The second-order valence-electron chi connectivity index (χ2n) is 7.67. The molecule has 9 nitrogen and oxygen atoms in total. The molecule has 0 spiro atoms. The lowest BCUT2D eigenvalue weighted by atomic mass is 9.99. The number of carbonyl (C=O) groups is 2. The highest BCUT2D eigenvalue weighted by Crippen LogP contribution is 2.34. The number of benzene rings is 2. The van der Waals surface area contributed by atoms with E-state index in [2.05, 4.69) is 10.6 Å². The molecule has 0 fully saturated rings. The molecule has 1 atom stereocenters. The number of methoxy groups -OCH3 is 2. The molecule has 9 heteroatoms. The number of amides is 3. The minimum atomic E-state index is -0.720. The van der Waals surface area contributed by atoms with Crippen LogP contribution in [-0.2, 0) is 17.8 Å². The van der Waals surface area contributed by atoms with Crippen molar-refractivity contribution in [2.75, 3.05) is 39.3 Å². The summed E-state index contributed by atoms with van der Waals surface area (Å²) in [6, 6.07) is 8.03. The van der Waals surface area contributed by atoms with Crippen LogP contribution in [0, 0.1) is 0 Å². The second kappa shape index (κ2) is 9.25. The Hall–Kier alpha value is -3.62. The average Bonchev–Trinajstić information content (AvgIpc) is 2.82. The maximum atomic E-state index is 12.8. The molecule has 0 unspecified atom stereocenters. The predicted octanol–water partition coefficient (Wildman–Crippen LogP) is 2.57. The van der Waals surface area contributed by atoms with Crippen LogP contribution >= 0.6 is 0 Å². The Morgan fingerprint density at radius 2 is 1.69 bits per heavy atom. The topological polar surface area (TPSA) is 98.4 Å². The highest BCUT2D eigenvalue weighted by atomic mass is 16.6. The second-order valence-corrected chi connectivity index (χ2v) is 7.67. The maximum Gasteiger partial charge on any atom is 0.318 e. The molecule has 0 radical (unpaired) electrons. The minimum absolute atomic E-state index is 0.296. The molecule has 2 aliphatic rings. The van der Waals surface area contributed by atoms with Crippen molar-refractivity contribution in [1.82, 2.24) is 10.2 Å². The van der Waals surface area contributed by atoms with Gasteiger partial charge in [0.25, 0.3) is 0 Å². The first-order valence-corrected chi connectivity index (χ1v) is 10.5. The molecule has 0 bridgehead atoms. The lowest BCUT2D eigenvalue weighted by Crippen LogP contribution is -2.49. The zero-order chi connectivity index (χ0) is 22.7. The molecule has 4 rings (SSSR count). The third-order valence-corrected chi connectivity index (χ3v) is 5.55. The summed E-state index contributed by atoms with van der Waals surface area (Å²) in [7, 11) is 3.18. The van der Waals surface area contributed by atoms with Crippen LogP contribution in [0.1, 0.15) is 18.1 Å². The van der Waals surface area contributed by atoms with Gasteiger partial charge in [0, 0.05) is 24.8 Å². The standard InChI is InChI=1S/C23H27N3O6/c1-14(22(27)25-17-4-5-18-21(12-17)32-9-8-31-18)24-23(28)26-7-6-15-10-19(29-2)20(30-3)11-16(15)13-26/h4-5,10-12,14H,6-9,13H2,1-3H3,(H,24,28)(H,25,27)/t14-/m0/s1. The van der Waals surface area contributed by atoms with Crippen LogP contribution in [0.2, 0.25) is 0 Å². The SMILES string of the molecule is COc1cc2c(cc1OC)CN(C(=O)N[C@@H](C)C(=O)Nc1ccc3c(c1)OCCO3)CC2. The van der Waals surface area contributed by atoms with Gasteiger partial charge in [-0.25, -0.2) is 4.79 Å².